The summed E-state index contributed by atoms with van der Waals surface area (Å²) in [6, 6.07) is 10.1. The Morgan fingerprint density at radius 1 is 1.14 bits per heavy atom. The van der Waals surface area contributed by atoms with Crippen LogP contribution in [0.2, 0.25) is 0 Å². The molecule has 4 aromatic rings. The van der Waals surface area contributed by atoms with E-state index in [1.54, 1.807) is 11.3 Å². The number of fused-ring (bicyclic) bond motifs is 1. The minimum absolute atomic E-state index is 0.537. The summed E-state index contributed by atoms with van der Waals surface area (Å²) in [6.07, 6.45) is 0. The summed E-state index contributed by atoms with van der Waals surface area (Å²) in [5.74, 6) is 0.537. The summed E-state index contributed by atoms with van der Waals surface area (Å²) in [6.45, 7) is 1.91. The smallest absolute Gasteiger partial charge is 0.250 e. The molecule has 0 spiro atoms. The van der Waals surface area contributed by atoms with Gasteiger partial charge in [-0.05, 0) is 6.92 Å². The Kier molecular flexibility index (Phi) is 2.90. The zero-order valence-corrected chi connectivity index (χ0v) is 12.6. The zero-order valence-electron chi connectivity index (χ0n) is 11.0. The van der Waals surface area contributed by atoms with Gasteiger partial charge in [-0.25, -0.2) is 4.52 Å². The van der Waals surface area contributed by atoms with Crippen molar-refractivity contribution in [3.05, 3.63) is 40.7 Å². The summed E-state index contributed by atoms with van der Waals surface area (Å²) in [5, 5.41) is 19.2. The Morgan fingerprint density at radius 3 is 2.76 bits per heavy atom. The fourth-order valence-corrected chi connectivity index (χ4v) is 3.40. The molecule has 0 atom stereocenters. The van der Waals surface area contributed by atoms with Crippen molar-refractivity contribution in [1.29, 1.82) is 0 Å². The Labute approximate surface area is 128 Å². The average Bonchev–Trinajstić information content (AvgIpc) is 3.16. The highest BCUT2D eigenvalue weighted by Gasteiger charge is 2.12. The molecule has 0 bridgehead atoms. The lowest BCUT2D eigenvalue weighted by Gasteiger charge is -1.97. The molecule has 21 heavy (non-hydrogen) atoms. The summed E-state index contributed by atoms with van der Waals surface area (Å²) in [5.41, 5.74) is 2.15. The van der Waals surface area contributed by atoms with Crippen LogP contribution in [0.3, 0.4) is 0 Å². The number of aryl methyl sites for hydroxylation is 1. The van der Waals surface area contributed by atoms with E-state index in [1.807, 2.05) is 29.6 Å². The van der Waals surface area contributed by atoms with Crippen LogP contribution in [0.4, 0.5) is 11.1 Å². The molecule has 0 fully saturated rings. The van der Waals surface area contributed by atoms with Crippen molar-refractivity contribution in [1.82, 2.24) is 24.8 Å². The lowest BCUT2D eigenvalue weighted by atomic mass is 10.2. The molecule has 3 heterocycles. The lowest BCUT2D eigenvalue weighted by Crippen LogP contribution is -1.93. The highest BCUT2D eigenvalue weighted by molar-refractivity contribution is 7.15. The first-order valence-corrected chi connectivity index (χ1v) is 7.96. The summed E-state index contributed by atoms with van der Waals surface area (Å²) >= 11 is 3.04. The SMILES string of the molecule is Cc1nnc(Nc2nc3scc(-c4ccccc4)n3n2)s1. The summed E-state index contributed by atoms with van der Waals surface area (Å²) in [4.78, 5) is 5.31. The van der Waals surface area contributed by atoms with E-state index in [2.05, 4.69) is 43.1 Å². The largest absolute Gasteiger partial charge is 0.297 e. The van der Waals surface area contributed by atoms with Gasteiger partial charge in [-0.15, -0.1) is 26.6 Å². The quantitative estimate of drug-likeness (QED) is 0.628. The van der Waals surface area contributed by atoms with Gasteiger partial charge in [0.05, 0.1) is 5.69 Å². The lowest BCUT2D eigenvalue weighted by molar-refractivity contribution is 0.984. The molecule has 1 aromatic carbocycles. The van der Waals surface area contributed by atoms with Crippen LogP contribution >= 0.6 is 22.7 Å². The third-order valence-electron chi connectivity index (χ3n) is 2.90. The first-order valence-electron chi connectivity index (χ1n) is 6.26. The van der Waals surface area contributed by atoms with Crippen LogP contribution in [0.1, 0.15) is 5.01 Å². The minimum Gasteiger partial charge on any atom is -0.297 e. The Morgan fingerprint density at radius 2 is 2.00 bits per heavy atom. The van der Waals surface area contributed by atoms with Crippen LogP contribution in [0.15, 0.2) is 35.7 Å². The molecule has 0 saturated carbocycles. The molecule has 6 nitrogen and oxygen atoms in total. The van der Waals surface area contributed by atoms with Gasteiger partial charge in [0, 0.05) is 10.9 Å². The van der Waals surface area contributed by atoms with Gasteiger partial charge in [0.2, 0.25) is 16.0 Å². The van der Waals surface area contributed by atoms with Gasteiger partial charge < -0.3 is 0 Å². The number of thiazole rings is 1. The summed E-state index contributed by atoms with van der Waals surface area (Å²) in [7, 11) is 0. The van der Waals surface area contributed by atoms with E-state index in [0.717, 1.165) is 21.2 Å². The monoisotopic (exact) mass is 314 g/mol. The van der Waals surface area contributed by atoms with Gasteiger partial charge in [0.25, 0.3) is 0 Å². The van der Waals surface area contributed by atoms with Gasteiger partial charge in [-0.3, -0.25) is 5.32 Å². The molecule has 0 aliphatic heterocycles. The van der Waals surface area contributed by atoms with Crippen molar-refractivity contribution >= 4 is 38.7 Å². The van der Waals surface area contributed by atoms with Crippen molar-refractivity contribution in [2.24, 2.45) is 0 Å². The van der Waals surface area contributed by atoms with Crippen LogP contribution in [-0.4, -0.2) is 24.8 Å². The molecule has 3 aromatic heterocycles. The molecule has 1 N–H and O–H groups in total. The van der Waals surface area contributed by atoms with Crippen molar-refractivity contribution in [2.75, 3.05) is 5.32 Å². The topological polar surface area (TPSA) is 68.0 Å². The highest BCUT2D eigenvalue weighted by Crippen LogP contribution is 2.26. The van der Waals surface area contributed by atoms with Crippen molar-refractivity contribution < 1.29 is 0 Å². The van der Waals surface area contributed by atoms with Crippen molar-refractivity contribution in [3.63, 3.8) is 0 Å². The van der Waals surface area contributed by atoms with Gasteiger partial charge in [0.15, 0.2) is 0 Å². The highest BCUT2D eigenvalue weighted by atomic mass is 32.1. The Hall–Kier alpha value is -2.32. The van der Waals surface area contributed by atoms with Gasteiger partial charge >= 0.3 is 0 Å². The second-order valence-electron chi connectivity index (χ2n) is 4.37. The number of nitrogens with one attached hydrogen (secondary N) is 1. The molecule has 0 saturated heterocycles. The fourth-order valence-electron chi connectivity index (χ4n) is 1.98. The molecule has 0 amide bonds. The number of nitrogens with zero attached hydrogens (tertiary/aromatic N) is 5. The van der Waals surface area contributed by atoms with E-state index in [-0.39, 0.29) is 0 Å². The second kappa shape index (κ2) is 4.90. The Balaban J connectivity index is 1.72. The van der Waals surface area contributed by atoms with Crippen LogP contribution in [0.5, 0.6) is 0 Å². The number of hydrogen-bond acceptors (Lipinski definition) is 7. The van der Waals surface area contributed by atoms with Gasteiger partial charge in [0.1, 0.15) is 5.01 Å². The second-order valence-corrected chi connectivity index (χ2v) is 6.39. The molecule has 104 valence electrons. The van der Waals surface area contributed by atoms with E-state index in [4.69, 9.17) is 0 Å². The first-order chi connectivity index (χ1) is 10.3. The fraction of sp³-hybridized carbons (Fsp3) is 0.0769. The van der Waals surface area contributed by atoms with E-state index < -0.39 is 0 Å². The Bertz CT molecular complexity index is 892. The van der Waals surface area contributed by atoms with E-state index in [0.29, 0.717) is 11.1 Å². The van der Waals surface area contributed by atoms with Crippen LogP contribution in [0.25, 0.3) is 16.2 Å². The maximum Gasteiger partial charge on any atom is 0.250 e. The molecule has 0 aliphatic rings. The minimum atomic E-state index is 0.537. The van der Waals surface area contributed by atoms with Gasteiger partial charge in [-0.1, -0.05) is 41.7 Å². The maximum atomic E-state index is 4.50. The molecule has 8 heteroatoms. The predicted octanol–water partition coefficient (Wildman–Crippen LogP) is 3.36. The van der Waals surface area contributed by atoms with E-state index in [1.165, 1.54) is 11.3 Å². The third kappa shape index (κ3) is 2.28. The third-order valence-corrected chi connectivity index (χ3v) is 4.47. The number of benzene rings is 1. The van der Waals surface area contributed by atoms with Crippen molar-refractivity contribution in [2.45, 2.75) is 6.92 Å². The molecular weight excluding hydrogens is 304 g/mol. The van der Waals surface area contributed by atoms with Crippen LogP contribution < -0.4 is 5.32 Å². The molecule has 4 rings (SSSR count). The number of aromatic nitrogens is 5. The van der Waals surface area contributed by atoms with Crippen LogP contribution in [-0.2, 0) is 0 Å². The summed E-state index contributed by atoms with van der Waals surface area (Å²) < 4.78 is 1.84. The number of rotatable bonds is 3. The number of hydrogen-bond donors (Lipinski definition) is 1. The molecule has 0 aliphatic carbocycles. The van der Waals surface area contributed by atoms with Crippen molar-refractivity contribution in [3.8, 4) is 11.3 Å². The zero-order chi connectivity index (χ0) is 14.2. The molecule has 0 radical (unpaired) electrons. The van der Waals surface area contributed by atoms with Gasteiger partial charge in [-0.2, -0.15) is 4.98 Å². The van der Waals surface area contributed by atoms with E-state index >= 15 is 0 Å². The number of anilines is 2. The first kappa shape index (κ1) is 12.4. The van der Waals surface area contributed by atoms with E-state index in [9.17, 15) is 0 Å². The normalized spacial score (nSPS) is 11.1. The molecular formula is C13H10N6S2. The molecule has 0 unspecified atom stereocenters. The van der Waals surface area contributed by atoms with Crippen LogP contribution in [0, 0.1) is 6.92 Å². The average molecular weight is 314 g/mol. The predicted molar refractivity (Wildman–Crippen MR) is 84.2 cm³/mol. The standard InChI is InChI=1S/C13H10N6S2/c1-8-16-17-12(21-8)14-11-15-13-19(18-11)10(7-20-13)9-5-3-2-4-6-9/h2-7H,1H3,(H,14,17,18). The maximum absolute atomic E-state index is 4.50.